The van der Waals surface area contributed by atoms with Gasteiger partial charge in [0.2, 0.25) is 0 Å². The molecule has 0 radical (unpaired) electrons. The summed E-state index contributed by atoms with van der Waals surface area (Å²) in [5.74, 6) is -0.658. The molecule has 10 heteroatoms. The van der Waals surface area contributed by atoms with Crippen molar-refractivity contribution < 1.29 is 17.5 Å². The number of rotatable bonds is 5. The highest BCUT2D eigenvalue weighted by Gasteiger charge is 2.18. The number of non-ortho nitro benzene ring substituents is 1. The predicted molar refractivity (Wildman–Crippen MR) is 87.8 cm³/mol. The van der Waals surface area contributed by atoms with Crippen LogP contribution in [-0.4, -0.2) is 13.3 Å². The minimum absolute atomic E-state index is 0.183. The largest absolute Gasteiger partial charge is 0.381 e. The first-order valence-corrected chi connectivity index (χ1v) is 8.69. The Morgan fingerprint density at radius 1 is 1.00 bits per heavy atom. The maximum Gasteiger partial charge on any atom is 0.313 e. The molecule has 2 aromatic rings. The van der Waals surface area contributed by atoms with E-state index in [9.17, 15) is 18.5 Å². The fraction of sp³-hybridized carbons (Fsp3) is 0.0769. The number of hydrogen-bond donors (Lipinski definition) is 0. The van der Waals surface area contributed by atoms with Crippen molar-refractivity contribution in [2.24, 2.45) is 0 Å². The lowest BCUT2D eigenvalue weighted by Crippen LogP contribution is -2.12. The van der Waals surface area contributed by atoms with Crippen LogP contribution in [0.1, 0.15) is 5.56 Å². The van der Waals surface area contributed by atoms with Crippen molar-refractivity contribution in [1.29, 1.82) is 0 Å². The predicted octanol–water partition coefficient (Wildman–Crippen LogP) is 4.46. The van der Waals surface area contributed by atoms with E-state index in [1.807, 2.05) is 0 Å². The summed E-state index contributed by atoms with van der Waals surface area (Å²) in [7, 11) is -4.03. The highest BCUT2D eigenvalue weighted by Crippen LogP contribution is 2.30. The Morgan fingerprint density at radius 3 is 2.26 bits per heavy atom. The smallest absolute Gasteiger partial charge is 0.313 e. The molecule has 0 heterocycles. The molecular formula is C13H8Cl3NO5S. The van der Waals surface area contributed by atoms with Crippen LogP contribution in [0, 0.1) is 10.1 Å². The molecule has 0 unspecified atom stereocenters. The number of halogens is 3. The fourth-order valence-electron chi connectivity index (χ4n) is 1.67. The van der Waals surface area contributed by atoms with Crippen LogP contribution in [-0.2, 0) is 15.9 Å². The van der Waals surface area contributed by atoms with Crippen LogP contribution in [0.25, 0.3) is 0 Å². The minimum Gasteiger partial charge on any atom is -0.381 e. The van der Waals surface area contributed by atoms with Crippen molar-refractivity contribution in [3.63, 3.8) is 0 Å². The van der Waals surface area contributed by atoms with Crippen LogP contribution >= 0.6 is 34.8 Å². The minimum atomic E-state index is -4.03. The fourth-order valence-corrected chi connectivity index (χ4v) is 3.32. The summed E-state index contributed by atoms with van der Waals surface area (Å²) >= 11 is 17.4. The molecule has 122 valence electrons. The molecule has 0 aliphatic heterocycles. The molecule has 0 fully saturated rings. The number of hydrogen-bond acceptors (Lipinski definition) is 5. The molecule has 0 N–H and O–H groups in total. The lowest BCUT2D eigenvalue weighted by Gasteiger charge is -2.09. The zero-order valence-electron chi connectivity index (χ0n) is 11.2. The Bertz CT molecular complexity index is 870. The summed E-state index contributed by atoms with van der Waals surface area (Å²) < 4.78 is 29.0. The lowest BCUT2D eigenvalue weighted by atomic mass is 10.2. The van der Waals surface area contributed by atoms with E-state index in [0.717, 1.165) is 18.2 Å². The van der Waals surface area contributed by atoms with Gasteiger partial charge in [-0.05, 0) is 23.8 Å². The second-order valence-corrected chi connectivity index (χ2v) is 7.20. The summed E-state index contributed by atoms with van der Waals surface area (Å²) in [5, 5.41) is 10.9. The van der Waals surface area contributed by atoms with Gasteiger partial charge in [0.25, 0.3) is 5.69 Å². The van der Waals surface area contributed by atoms with Gasteiger partial charge in [0.15, 0.2) is 5.75 Å². The number of nitro benzene ring substituents is 1. The number of nitro groups is 1. The van der Waals surface area contributed by atoms with Crippen LogP contribution in [0.5, 0.6) is 5.75 Å². The second kappa shape index (κ2) is 6.92. The molecule has 0 amide bonds. The van der Waals surface area contributed by atoms with E-state index in [1.54, 1.807) is 0 Å². The third-order valence-corrected chi connectivity index (χ3v) is 4.83. The van der Waals surface area contributed by atoms with Gasteiger partial charge in [-0.3, -0.25) is 10.1 Å². The van der Waals surface area contributed by atoms with Crippen molar-refractivity contribution in [2.45, 2.75) is 5.75 Å². The van der Waals surface area contributed by atoms with Gasteiger partial charge < -0.3 is 4.18 Å². The molecule has 2 aromatic carbocycles. The molecule has 0 atom stereocenters. The number of benzene rings is 2. The monoisotopic (exact) mass is 395 g/mol. The van der Waals surface area contributed by atoms with Gasteiger partial charge in [0.1, 0.15) is 5.75 Å². The molecule has 0 saturated heterocycles. The molecule has 6 nitrogen and oxygen atoms in total. The first-order chi connectivity index (χ1) is 10.7. The Labute approximate surface area is 146 Å². The summed E-state index contributed by atoms with van der Waals surface area (Å²) in [6, 6.07) is 7.58. The van der Waals surface area contributed by atoms with E-state index in [-0.39, 0.29) is 21.5 Å². The van der Waals surface area contributed by atoms with E-state index >= 15 is 0 Å². The molecule has 2 rings (SSSR count). The molecule has 0 saturated carbocycles. The second-order valence-electron chi connectivity index (χ2n) is 4.41. The van der Waals surface area contributed by atoms with Crippen molar-refractivity contribution >= 4 is 50.6 Å². The standard InChI is InChI=1S/C13H8Cl3NO5S/c14-10-3-1-8(5-11(10)15)7-23(20,21)22-13-4-2-9(17(18)19)6-12(13)16/h1-6H,7H2. The maximum absolute atomic E-state index is 12.0. The van der Waals surface area contributed by atoms with Gasteiger partial charge in [-0.15, -0.1) is 0 Å². The van der Waals surface area contributed by atoms with Gasteiger partial charge in [0, 0.05) is 12.1 Å². The molecule has 0 aliphatic carbocycles. The van der Waals surface area contributed by atoms with Crippen LogP contribution < -0.4 is 4.18 Å². The van der Waals surface area contributed by atoms with Gasteiger partial charge in [-0.1, -0.05) is 40.9 Å². The highest BCUT2D eigenvalue weighted by molar-refractivity contribution is 7.86. The summed E-state index contributed by atoms with van der Waals surface area (Å²) in [6.45, 7) is 0. The summed E-state index contributed by atoms with van der Waals surface area (Å²) in [4.78, 5) is 9.96. The summed E-state index contributed by atoms with van der Waals surface area (Å²) in [6.07, 6.45) is 0. The van der Waals surface area contributed by atoms with Crippen LogP contribution in [0.15, 0.2) is 36.4 Å². The summed E-state index contributed by atoms with van der Waals surface area (Å²) in [5.41, 5.74) is 0.0988. The quantitative estimate of drug-likeness (QED) is 0.423. The van der Waals surface area contributed by atoms with Crippen molar-refractivity contribution in [3.05, 3.63) is 67.1 Å². The average molecular weight is 397 g/mol. The topological polar surface area (TPSA) is 86.5 Å². The Kier molecular flexibility index (Phi) is 5.36. The van der Waals surface area contributed by atoms with Crippen molar-refractivity contribution in [2.75, 3.05) is 0 Å². The molecular weight excluding hydrogens is 389 g/mol. The van der Waals surface area contributed by atoms with Crippen molar-refractivity contribution in [1.82, 2.24) is 0 Å². The zero-order valence-corrected chi connectivity index (χ0v) is 14.3. The van der Waals surface area contributed by atoms with Crippen molar-refractivity contribution in [3.8, 4) is 5.75 Å². The van der Waals surface area contributed by atoms with E-state index in [1.165, 1.54) is 18.2 Å². The van der Waals surface area contributed by atoms with Gasteiger partial charge in [-0.2, -0.15) is 8.42 Å². The lowest BCUT2D eigenvalue weighted by molar-refractivity contribution is -0.384. The third kappa shape index (κ3) is 4.71. The zero-order chi connectivity index (χ0) is 17.2. The van der Waals surface area contributed by atoms with E-state index < -0.39 is 20.8 Å². The molecule has 0 aliphatic rings. The van der Waals surface area contributed by atoms with Crippen LogP contribution in [0.3, 0.4) is 0 Å². The Balaban J connectivity index is 2.21. The van der Waals surface area contributed by atoms with Gasteiger partial charge in [0.05, 0.1) is 20.0 Å². The van der Waals surface area contributed by atoms with Gasteiger partial charge in [-0.25, -0.2) is 0 Å². The van der Waals surface area contributed by atoms with E-state index in [2.05, 4.69) is 0 Å². The Morgan fingerprint density at radius 2 is 1.70 bits per heavy atom. The molecule has 0 bridgehead atoms. The molecule has 0 aromatic heterocycles. The Hall–Kier alpha value is -1.54. The molecule has 23 heavy (non-hydrogen) atoms. The van der Waals surface area contributed by atoms with E-state index in [4.69, 9.17) is 39.0 Å². The highest BCUT2D eigenvalue weighted by atomic mass is 35.5. The molecule has 0 spiro atoms. The first kappa shape index (κ1) is 17.8. The first-order valence-electron chi connectivity index (χ1n) is 5.98. The number of nitrogens with zero attached hydrogens (tertiary/aromatic N) is 1. The SMILES string of the molecule is O=[N+]([O-])c1ccc(OS(=O)(=O)Cc2ccc(Cl)c(Cl)c2)c(Cl)c1. The normalized spacial score (nSPS) is 11.3. The average Bonchev–Trinajstić information content (AvgIpc) is 2.44. The van der Waals surface area contributed by atoms with Crippen LogP contribution in [0.2, 0.25) is 15.1 Å². The van der Waals surface area contributed by atoms with E-state index in [0.29, 0.717) is 10.6 Å². The van der Waals surface area contributed by atoms with Crippen LogP contribution in [0.4, 0.5) is 5.69 Å². The third-order valence-electron chi connectivity index (χ3n) is 2.67. The maximum atomic E-state index is 12.0. The van der Waals surface area contributed by atoms with Gasteiger partial charge >= 0.3 is 10.1 Å².